The van der Waals surface area contributed by atoms with Crippen molar-refractivity contribution in [3.05, 3.63) is 82.4 Å². The molecule has 2 amide bonds. The van der Waals surface area contributed by atoms with Crippen LogP contribution in [0.2, 0.25) is 0 Å². The van der Waals surface area contributed by atoms with Gasteiger partial charge in [0, 0.05) is 59.1 Å². The summed E-state index contributed by atoms with van der Waals surface area (Å²) in [6, 6.07) is 12.6. The van der Waals surface area contributed by atoms with Crippen molar-refractivity contribution in [3.63, 3.8) is 0 Å². The van der Waals surface area contributed by atoms with Gasteiger partial charge in [0.2, 0.25) is 0 Å². The van der Waals surface area contributed by atoms with Crippen molar-refractivity contribution in [2.24, 2.45) is 0 Å². The molecular weight excluding hydrogens is 476 g/mol. The van der Waals surface area contributed by atoms with Crippen LogP contribution in [-0.2, 0) is 26.1 Å². The summed E-state index contributed by atoms with van der Waals surface area (Å²) in [6.45, 7) is 4.09. The molecule has 2 aliphatic heterocycles. The maximum absolute atomic E-state index is 13.2. The van der Waals surface area contributed by atoms with E-state index in [-0.39, 0.29) is 11.8 Å². The average molecular weight is 501 g/mol. The van der Waals surface area contributed by atoms with Gasteiger partial charge in [0.15, 0.2) is 0 Å². The van der Waals surface area contributed by atoms with Gasteiger partial charge in [-0.25, -0.2) is 0 Å². The fraction of sp³-hybridized carbons (Fsp3) is 0.200. The SMILES string of the molecule is Cc1cnc(CNCc2ccc3c(c2)[nH]c2c3c3c(c4c5cccc6c5n(c24)CCC6)C(=O)NC3=O)cn1. The van der Waals surface area contributed by atoms with E-state index >= 15 is 0 Å². The molecule has 0 atom stereocenters. The van der Waals surface area contributed by atoms with Crippen LogP contribution in [0.15, 0.2) is 48.8 Å². The summed E-state index contributed by atoms with van der Waals surface area (Å²) in [7, 11) is 0. The van der Waals surface area contributed by atoms with Crippen molar-refractivity contribution in [2.45, 2.75) is 39.4 Å². The molecule has 0 bridgehead atoms. The molecule has 3 aromatic carbocycles. The molecule has 6 aromatic rings. The summed E-state index contributed by atoms with van der Waals surface area (Å²) in [5.74, 6) is -0.635. The predicted octanol–water partition coefficient (Wildman–Crippen LogP) is 4.65. The minimum atomic E-state index is -0.324. The summed E-state index contributed by atoms with van der Waals surface area (Å²) in [5, 5.41) is 9.72. The number of hydrogen-bond acceptors (Lipinski definition) is 5. The van der Waals surface area contributed by atoms with Crippen molar-refractivity contribution in [1.82, 2.24) is 30.2 Å². The summed E-state index contributed by atoms with van der Waals surface area (Å²) < 4.78 is 2.35. The molecule has 0 saturated heterocycles. The predicted molar refractivity (Wildman–Crippen MR) is 146 cm³/mol. The van der Waals surface area contributed by atoms with Gasteiger partial charge in [-0.15, -0.1) is 0 Å². The zero-order chi connectivity index (χ0) is 25.5. The second-order valence-electron chi connectivity index (χ2n) is 10.3. The molecule has 8 rings (SSSR count). The Labute approximate surface area is 217 Å². The Hall–Kier alpha value is -4.56. The maximum atomic E-state index is 13.2. The van der Waals surface area contributed by atoms with E-state index in [1.54, 1.807) is 12.4 Å². The highest BCUT2D eigenvalue weighted by Gasteiger charge is 2.36. The highest BCUT2D eigenvalue weighted by Crippen LogP contribution is 2.45. The van der Waals surface area contributed by atoms with Crippen LogP contribution >= 0.6 is 0 Å². The van der Waals surface area contributed by atoms with Crippen molar-refractivity contribution in [2.75, 3.05) is 0 Å². The molecule has 3 aromatic heterocycles. The number of nitrogens with zero attached hydrogens (tertiary/aromatic N) is 3. The number of fused-ring (bicyclic) bond motifs is 10. The second kappa shape index (κ2) is 7.72. The fourth-order valence-corrected chi connectivity index (χ4v) is 6.42. The number of aryl methyl sites for hydroxylation is 3. The molecule has 38 heavy (non-hydrogen) atoms. The van der Waals surface area contributed by atoms with Crippen LogP contribution in [0.3, 0.4) is 0 Å². The van der Waals surface area contributed by atoms with E-state index in [1.165, 1.54) is 11.1 Å². The zero-order valence-electron chi connectivity index (χ0n) is 20.8. The number of benzene rings is 3. The zero-order valence-corrected chi connectivity index (χ0v) is 20.8. The van der Waals surface area contributed by atoms with Gasteiger partial charge in [-0.05, 0) is 37.0 Å². The third kappa shape index (κ3) is 2.89. The normalized spacial score (nSPS) is 14.8. The van der Waals surface area contributed by atoms with Crippen LogP contribution in [0.5, 0.6) is 0 Å². The standard InChI is InChI=1S/C30H24N6O2/c1-15-11-33-18(14-32-15)13-31-12-16-7-8-19-21(10-16)34-26-22(19)24-25(30(38)35-29(24)37)23-20-6-2-4-17-5-3-9-36(27(17)20)28(23)26/h2,4,6-8,10-11,14,31,34H,3,5,9,12-13H2,1H3,(H,35,37,38). The van der Waals surface area contributed by atoms with E-state index in [4.69, 9.17) is 0 Å². The van der Waals surface area contributed by atoms with Crippen LogP contribution in [0.25, 0.3) is 43.6 Å². The lowest BCUT2D eigenvalue weighted by Gasteiger charge is -2.16. The van der Waals surface area contributed by atoms with E-state index in [9.17, 15) is 9.59 Å². The monoisotopic (exact) mass is 500 g/mol. The first-order chi connectivity index (χ1) is 18.6. The van der Waals surface area contributed by atoms with Gasteiger partial charge in [0.05, 0.1) is 39.1 Å². The summed E-state index contributed by atoms with van der Waals surface area (Å²) in [5.41, 5.74) is 9.24. The molecule has 8 heteroatoms. The average Bonchev–Trinajstić information content (AvgIpc) is 3.55. The lowest BCUT2D eigenvalue weighted by atomic mass is 9.96. The van der Waals surface area contributed by atoms with Gasteiger partial charge < -0.3 is 14.9 Å². The van der Waals surface area contributed by atoms with Gasteiger partial charge in [-0.3, -0.25) is 24.9 Å². The number of nitrogens with one attached hydrogen (secondary N) is 3. The Balaban J connectivity index is 1.33. The number of amides is 2. The number of carbonyl (C=O) groups is 2. The molecule has 0 saturated carbocycles. The minimum Gasteiger partial charge on any atom is -0.353 e. The van der Waals surface area contributed by atoms with E-state index in [0.717, 1.165) is 74.4 Å². The number of H-pyrrole nitrogens is 1. The van der Waals surface area contributed by atoms with Gasteiger partial charge in [-0.2, -0.15) is 0 Å². The summed E-state index contributed by atoms with van der Waals surface area (Å²) in [4.78, 5) is 38.7. The summed E-state index contributed by atoms with van der Waals surface area (Å²) in [6.07, 6.45) is 5.62. The highest BCUT2D eigenvalue weighted by molar-refractivity contribution is 6.39. The van der Waals surface area contributed by atoms with Crippen molar-refractivity contribution >= 4 is 55.4 Å². The van der Waals surface area contributed by atoms with Crippen molar-refractivity contribution in [3.8, 4) is 0 Å². The first-order valence-corrected chi connectivity index (χ1v) is 13.0. The number of rotatable bonds is 4. The van der Waals surface area contributed by atoms with E-state index in [2.05, 4.69) is 66.6 Å². The lowest BCUT2D eigenvalue weighted by Crippen LogP contribution is -2.20. The molecule has 0 aliphatic carbocycles. The number of hydrogen-bond donors (Lipinski definition) is 3. The van der Waals surface area contributed by atoms with Crippen LogP contribution in [-0.4, -0.2) is 31.3 Å². The van der Waals surface area contributed by atoms with Crippen LogP contribution in [0.4, 0.5) is 0 Å². The number of aromatic amines is 1. The number of carbonyl (C=O) groups excluding carboxylic acids is 2. The molecule has 0 radical (unpaired) electrons. The van der Waals surface area contributed by atoms with Crippen LogP contribution in [0, 0.1) is 6.92 Å². The summed E-state index contributed by atoms with van der Waals surface area (Å²) >= 11 is 0. The van der Waals surface area contributed by atoms with E-state index in [1.807, 2.05) is 6.92 Å². The number of para-hydroxylation sites is 1. The molecule has 3 N–H and O–H groups in total. The van der Waals surface area contributed by atoms with E-state index in [0.29, 0.717) is 24.2 Å². The smallest absolute Gasteiger partial charge is 0.259 e. The minimum absolute atomic E-state index is 0.310. The third-order valence-electron chi connectivity index (χ3n) is 7.99. The van der Waals surface area contributed by atoms with E-state index < -0.39 is 0 Å². The molecule has 5 heterocycles. The van der Waals surface area contributed by atoms with Gasteiger partial charge in [0.1, 0.15) is 0 Å². The first-order valence-electron chi connectivity index (χ1n) is 13.0. The lowest BCUT2D eigenvalue weighted by molar-refractivity contribution is 0.0880. The Morgan fingerprint density at radius 2 is 1.82 bits per heavy atom. The Kier molecular flexibility index (Phi) is 4.37. The van der Waals surface area contributed by atoms with Gasteiger partial charge >= 0.3 is 0 Å². The quantitative estimate of drug-likeness (QED) is 0.306. The fourth-order valence-electron chi connectivity index (χ4n) is 6.42. The molecule has 2 aliphatic rings. The number of aromatic nitrogens is 4. The number of imide groups is 1. The third-order valence-corrected chi connectivity index (χ3v) is 7.99. The topological polar surface area (TPSA) is 105 Å². The molecule has 0 fully saturated rings. The highest BCUT2D eigenvalue weighted by atomic mass is 16.2. The molecular formula is C30H24N6O2. The Bertz CT molecular complexity index is 2000. The molecule has 0 spiro atoms. The molecule has 186 valence electrons. The molecule has 0 unspecified atom stereocenters. The first kappa shape index (κ1) is 21.5. The largest absolute Gasteiger partial charge is 0.353 e. The maximum Gasteiger partial charge on any atom is 0.259 e. The van der Waals surface area contributed by atoms with Crippen LogP contribution in [0.1, 0.15) is 49.7 Å². The molecule has 8 nitrogen and oxygen atoms in total. The Morgan fingerprint density at radius 1 is 0.947 bits per heavy atom. The van der Waals surface area contributed by atoms with Gasteiger partial charge in [0.25, 0.3) is 11.8 Å². The van der Waals surface area contributed by atoms with Crippen molar-refractivity contribution < 1.29 is 9.59 Å². The van der Waals surface area contributed by atoms with Crippen LogP contribution < -0.4 is 10.6 Å². The second-order valence-corrected chi connectivity index (χ2v) is 10.3. The van der Waals surface area contributed by atoms with Gasteiger partial charge in [-0.1, -0.05) is 30.3 Å². The Morgan fingerprint density at radius 3 is 2.66 bits per heavy atom. The van der Waals surface area contributed by atoms with Crippen molar-refractivity contribution in [1.29, 1.82) is 0 Å².